The lowest BCUT2D eigenvalue weighted by atomic mass is 10.1. The summed E-state index contributed by atoms with van der Waals surface area (Å²) in [5.74, 6) is -2.21. The second-order valence-electron chi connectivity index (χ2n) is 7.25. The van der Waals surface area contributed by atoms with Crippen molar-refractivity contribution < 1.29 is 19.2 Å². The van der Waals surface area contributed by atoms with Gasteiger partial charge in [0.05, 0.1) is 38.2 Å². The van der Waals surface area contributed by atoms with E-state index >= 15 is 0 Å². The lowest BCUT2D eigenvalue weighted by molar-refractivity contribution is -0.929. The first-order valence-corrected chi connectivity index (χ1v) is 10.4. The number of aliphatic carboxylic acids is 1. The van der Waals surface area contributed by atoms with Crippen molar-refractivity contribution in [2.45, 2.75) is 91.5 Å². The average molecular weight is 374 g/mol. The van der Waals surface area contributed by atoms with Crippen LogP contribution in [0.15, 0.2) is 0 Å². The van der Waals surface area contributed by atoms with Gasteiger partial charge in [0.1, 0.15) is 0 Å². The molecule has 0 aliphatic carbocycles. The average Bonchev–Trinajstić information content (AvgIpc) is 2.60. The minimum Gasteiger partial charge on any atom is -0.548 e. The third kappa shape index (κ3) is 15.1. The summed E-state index contributed by atoms with van der Waals surface area (Å²) in [5, 5.41) is 9.79. The maximum atomic E-state index is 9.97. The Labute approximate surface area is 160 Å². The number of carboxylic acid groups (broad SMARTS) is 1. The molecule has 0 aromatic heterocycles. The maximum Gasteiger partial charge on any atom is 0.219 e. The standard InChI is InChI=1S/C16H36N.C4H8N2O3/c1-5-9-13-17(14-10-6-2,15-11-7-3)16-12-8-4;5-2(4(8)9)1-3(6)7/h5-16H2,1-4H3;2H,1,5H2,(H2,6,7)(H,8,9)/q+1;/p-1/t;2-/m.0/s1. The molecule has 0 saturated carbocycles. The van der Waals surface area contributed by atoms with Crippen molar-refractivity contribution in [3.8, 4) is 0 Å². The third-order valence-corrected chi connectivity index (χ3v) is 4.67. The van der Waals surface area contributed by atoms with Crippen molar-refractivity contribution in [1.29, 1.82) is 0 Å². The molecule has 0 bridgehead atoms. The Balaban J connectivity index is 0. The highest BCUT2D eigenvalue weighted by Gasteiger charge is 2.24. The van der Waals surface area contributed by atoms with E-state index in [1.807, 2.05) is 0 Å². The summed E-state index contributed by atoms with van der Waals surface area (Å²) >= 11 is 0. The lowest BCUT2D eigenvalue weighted by Gasteiger charge is -2.39. The van der Waals surface area contributed by atoms with Crippen molar-refractivity contribution in [3.05, 3.63) is 0 Å². The number of hydrogen-bond acceptors (Lipinski definition) is 4. The van der Waals surface area contributed by atoms with Crippen LogP contribution >= 0.6 is 0 Å². The Hall–Kier alpha value is -1.14. The third-order valence-electron chi connectivity index (χ3n) is 4.67. The summed E-state index contributed by atoms with van der Waals surface area (Å²) in [4.78, 5) is 19.8. The quantitative estimate of drug-likeness (QED) is 0.427. The molecule has 6 nitrogen and oxygen atoms in total. The molecule has 1 atom stereocenters. The molecule has 0 rings (SSSR count). The van der Waals surface area contributed by atoms with Gasteiger partial charge in [-0.25, -0.2) is 0 Å². The number of carboxylic acids is 1. The molecule has 6 heteroatoms. The second kappa shape index (κ2) is 17.3. The van der Waals surface area contributed by atoms with Crippen molar-refractivity contribution >= 4 is 11.9 Å². The van der Waals surface area contributed by atoms with Gasteiger partial charge >= 0.3 is 0 Å². The van der Waals surface area contributed by atoms with Crippen LogP contribution in [0.4, 0.5) is 0 Å². The van der Waals surface area contributed by atoms with Gasteiger partial charge in [-0.15, -0.1) is 0 Å². The normalized spacial score (nSPS) is 12.2. The zero-order valence-corrected chi connectivity index (χ0v) is 17.6. The second-order valence-corrected chi connectivity index (χ2v) is 7.25. The van der Waals surface area contributed by atoms with Crippen molar-refractivity contribution in [2.75, 3.05) is 26.2 Å². The predicted octanol–water partition coefficient (Wildman–Crippen LogP) is 1.94. The highest BCUT2D eigenvalue weighted by Crippen LogP contribution is 2.16. The highest BCUT2D eigenvalue weighted by atomic mass is 16.4. The topological polar surface area (TPSA) is 109 Å². The largest absolute Gasteiger partial charge is 0.548 e. The molecule has 4 N–H and O–H groups in total. The van der Waals surface area contributed by atoms with Crippen molar-refractivity contribution in [2.24, 2.45) is 11.5 Å². The molecule has 156 valence electrons. The van der Waals surface area contributed by atoms with Gasteiger partial charge in [-0.1, -0.05) is 53.4 Å². The van der Waals surface area contributed by atoms with Crippen LogP contribution < -0.4 is 16.6 Å². The van der Waals surface area contributed by atoms with Crippen LogP contribution in [0.25, 0.3) is 0 Å². The number of unbranched alkanes of at least 4 members (excludes halogenated alkanes) is 4. The first-order chi connectivity index (χ1) is 12.3. The molecule has 0 aliphatic heterocycles. The van der Waals surface area contributed by atoms with E-state index in [0.717, 1.165) is 0 Å². The van der Waals surface area contributed by atoms with Crippen LogP contribution in [0.5, 0.6) is 0 Å². The first kappa shape index (κ1) is 27.1. The van der Waals surface area contributed by atoms with E-state index in [1.165, 1.54) is 82.0 Å². The smallest absolute Gasteiger partial charge is 0.219 e. The van der Waals surface area contributed by atoms with Crippen LogP contribution in [-0.2, 0) is 9.59 Å². The van der Waals surface area contributed by atoms with Gasteiger partial charge < -0.3 is 25.9 Å². The molecule has 26 heavy (non-hydrogen) atoms. The lowest BCUT2D eigenvalue weighted by Crippen LogP contribution is -2.50. The number of carbonyl (C=O) groups excluding carboxylic acids is 2. The molecular weight excluding hydrogens is 330 g/mol. The first-order valence-electron chi connectivity index (χ1n) is 10.4. The van der Waals surface area contributed by atoms with Gasteiger partial charge in [0.15, 0.2) is 0 Å². The van der Waals surface area contributed by atoms with Crippen LogP contribution in [0.3, 0.4) is 0 Å². The van der Waals surface area contributed by atoms with E-state index < -0.39 is 17.9 Å². The van der Waals surface area contributed by atoms with E-state index in [9.17, 15) is 14.7 Å². The highest BCUT2D eigenvalue weighted by molar-refractivity contribution is 5.82. The molecule has 0 radical (unpaired) electrons. The Bertz CT molecular complexity index is 325. The Morgan fingerprint density at radius 2 is 1.12 bits per heavy atom. The molecule has 1 amide bonds. The minimum absolute atomic E-state index is 0.373. The van der Waals surface area contributed by atoms with Crippen LogP contribution in [-0.4, -0.2) is 48.6 Å². The summed E-state index contributed by atoms with van der Waals surface area (Å²) in [6.45, 7) is 15.0. The van der Waals surface area contributed by atoms with E-state index in [2.05, 4.69) is 33.4 Å². The zero-order chi connectivity index (χ0) is 20.4. The molecule has 0 aromatic rings. The molecule has 0 aliphatic rings. The number of carbonyl (C=O) groups is 2. The Morgan fingerprint density at radius 1 is 0.808 bits per heavy atom. The van der Waals surface area contributed by atoms with E-state index in [-0.39, 0.29) is 6.42 Å². The number of hydrogen-bond donors (Lipinski definition) is 2. The number of quaternary nitrogens is 1. The molecule has 0 heterocycles. The van der Waals surface area contributed by atoms with Gasteiger partial charge in [-0.05, 0) is 25.7 Å². The summed E-state index contributed by atoms with van der Waals surface area (Å²) in [5.41, 5.74) is 9.48. The maximum absolute atomic E-state index is 9.97. The van der Waals surface area contributed by atoms with Crippen molar-refractivity contribution in [1.82, 2.24) is 0 Å². The number of nitrogens with two attached hydrogens (primary N) is 2. The van der Waals surface area contributed by atoms with Crippen LogP contribution in [0.2, 0.25) is 0 Å². The Morgan fingerprint density at radius 3 is 1.27 bits per heavy atom. The number of amides is 1. The molecule has 0 spiro atoms. The van der Waals surface area contributed by atoms with Crippen molar-refractivity contribution in [3.63, 3.8) is 0 Å². The number of rotatable bonds is 15. The van der Waals surface area contributed by atoms with E-state index in [4.69, 9.17) is 5.73 Å². The molecule has 0 unspecified atom stereocenters. The monoisotopic (exact) mass is 373 g/mol. The fraction of sp³-hybridized carbons (Fsp3) is 0.900. The van der Waals surface area contributed by atoms with Crippen LogP contribution in [0, 0.1) is 0 Å². The summed E-state index contributed by atoms with van der Waals surface area (Å²) in [6.07, 6.45) is 10.7. The molecule has 0 aromatic carbocycles. The number of nitrogens with zero attached hydrogens (tertiary/aromatic N) is 1. The molecule has 0 fully saturated rings. The number of primary amides is 1. The minimum atomic E-state index is -1.46. The van der Waals surface area contributed by atoms with E-state index in [0.29, 0.717) is 0 Å². The van der Waals surface area contributed by atoms with Gasteiger partial charge in [-0.3, -0.25) is 4.79 Å². The summed E-state index contributed by atoms with van der Waals surface area (Å²) < 4.78 is 1.42. The predicted molar refractivity (Wildman–Crippen MR) is 106 cm³/mol. The zero-order valence-electron chi connectivity index (χ0n) is 17.6. The van der Waals surface area contributed by atoms with Gasteiger partial charge in [-0.2, -0.15) is 0 Å². The van der Waals surface area contributed by atoms with E-state index in [1.54, 1.807) is 0 Å². The summed E-state index contributed by atoms with van der Waals surface area (Å²) in [7, 11) is 0. The fourth-order valence-corrected chi connectivity index (χ4v) is 2.94. The van der Waals surface area contributed by atoms with Crippen LogP contribution in [0.1, 0.15) is 85.5 Å². The SMILES string of the molecule is CCCC[N+](CCCC)(CCCC)CCCC.NC(=O)C[C@H](N)C(=O)[O-]. The molecule has 0 saturated heterocycles. The Kier molecular flexibility index (Phi) is 18.0. The fourth-order valence-electron chi connectivity index (χ4n) is 2.94. The van der Waals surface area contributed by atoms with Gasteiger partial charge in [0.25, 0.3) is 0 Å². The summed E-state index contributed by atoms with van der Waals surface area (Å²) in [6, 6.07) is -1.28. The molecular formula is C20H43N3O3. The van der Waals surface area contributed by atoms with Gasteiger partial charge in [0, 0.05) is 6.42 Å². The van der Waals surface area contributed by atoms with Gasteiger partial charge in [0.2, 0.25) is 5.91 Å².